The fourth-order valence-corrected chi connectivity index (χ4v) is 3.16. The summed E-state index contributed by atoms with van der Waals surface area (Å²) in [4.78, 5) is 15.4. The normalized spacial score (nSPS) is 11.1. The Labute approximate surface area is 140 Å². The quantitative estimate of drug-likeness (QED) is 0.761. The predicted octanol–water partition coefficient (Wildman–Crippen LogP) is 1.50. The first-order valence-corrected chi connectivity index (χ1v) is 8.72. The van der Waals surface area contributed by atoms with Crippen molar-refractivity contribution in [3.05, 3.63) is 59.4 Å². The largest absolute Gasteiger partial charge is 0.496 e. The van der Waals surface area contributed by atoms with E-state index in [0.29, 0.717) is 22.4 Å². The molecule has 0 bridgehead atoms. The van der Waals surface area contributed by atoms with Crippen LogP contribution in [0.15, 0.2) is 42.7 Å². The zero-order valence-electron chi connectivity index (χ0n) is 13.4. The molecule has 0 aliphatic heterocycles. The molecule has 0 unspecified atom stereocenters. The van der Waals surface area contributed by atoms with Crippen molar-refractivity contribution in [2.24, 2.45) is 0 Å². The minimum atomic E-state index is -3.53. The lowest BCUT2D eigenvalue weighted by molar-refractivity contribution is 0.0600. The molecule has 0 spiro atoms. The fraction of sp³-hybridized carbons (Fsp3) is 0.250. The molecule has 1 N–H and O–H groups in total. The van der Waals surface area contributed by atoms with Crippen molar-refractivity contribution in [3.63, 3.8) is 0 Å². The number of ether oxygens (including phenoxy) is 2. The number of hydrogen-bond donors (Lipinski definition) is 1. The van der Waals surface area contributed by atoms with Gasteiger partial charge in [0.2, 0.25) is 10.0 Å². The molecule has 8 heteroatoms. The monoisotopic (exact) mass is 350 g/mol. The van der Waals surface area contributed by atoms with Gasteiger partial charge in [0.05, 0.1) is 25.5 Å². The number of esters is 1. The third-order valence-electron chi connectivity index (χ3n) is 3.27. The predicted molar refractivity (Wildman–Crippen MR) is 88.0 cm³/mol. The van der Waals surface area contributed by atoms with E-state index in [0.717, 1.165) is 0 Å². The van der Waals surface area contributed by atoms with Crippen molar-refractivity contribution in [1.29, 1.82) is 0 Å². The summed E-state index contributed by atoms with van der Waals surface area (Å²) in [5, 5.41) is 0. The van der Waals surface area contributed by atoms with Crippen molar-refractivity contribution in [2.45, 2.75) is 12.3 Å². The molecule has 1 aromatic heterocycles. The molecule has 2 rings (SSSR count). The van der Waals surface area contributed by atoms with Gasteiger partial charge in [-0.1, -0.05) is 12.1 Å². The van der Waals surface area contributed by atoms with Gasteiger partial charge in [0, 0.05) is 24.5 Å². The van der Waals surface area contributed by atoms with Gasteiger partial charge in [-0.25, -0.2) is 17.9 Å². The Morgan fingerprint density at radius 1 is 1.25 bits per heavy atom. The first-order chi connectivity index (χ1) is 11.4. The highest BCUT2D eigenvalue weighted by atomic mass is 32.2. The second-order valence-corrected chi connectivity index (χ2v) is 6.77. The number of aromatic nitrogens is 1. The topological polar surface area (TPSA) is 94.6 Å². The summed E-state index contributed by atoms with van der Waals surface area (Å²) in [6.07, 6.45) is 3.09. The summed E-state index contributed by atoms with van der Waals surface area (Å²) in [7, 11) is -0.791. The summed E-state index contributed by atoms with van der Waals surface area (Å²) < 4.78 is 36.6. The molecule has 0 saturated heterocycles. The van der Waals surface area contributed by atoms with E-state index in [4.69, 9.17) is 4.74 Å². The molecule has 0 fully saturated rings. The average molecular weight is 350 g/mol. The number of benzene rings is 1. The van der Waals surface area contributed by atoms with Gasteiger partial charge in [-0.05, 0) is 23.8 Å². The van der Waals surface area contributed by atoms with Crippen LogP contribution in [0.4, 0.5) is 0 Å². The Kier molecular flexibility index (Phi) is 5.88. The van der Waals surface area contributed by atoms with Crippen molar-refractivity contribution in [1.82, 2.24) is 9.71 Å². The second-order valence-electron chi connectivity index (χ2n) is 4.96. The Morgan fingerprint density at radius 3 is 2.67 bits per heavy atom. The van der Waals surface area contributed by atoms with Crippen LogP contribution in [-0.2, 0) is 27.1 Å². The lowest BCUT2D eigenvalue weighted by Crippen LogP contribution is -2.25. The molecule has 24 heavy (non-hydrogen) atoms. The summed E-state index contributed by atoms with van der Waals surface area (Å²) in [5.74, 6) is -0.248. The van der Waals surface area contributed by atoms with Crippen LogP contribution in [0.1, 0.15) is 21.5 Å². The maximum absolute atomic E-state index is 12.1. The van der Waals surface area contributed by atoms with E-state index in [1.54, 1.807) is 30.5 Å². The van der Waals surface area contributed by atoms with Crippen LogP contribution in [-0.4, -0.2) is 33.6 Å². The molecule has 0 atom stereocenters. The smallest absolute Gasteiger partial charge is 0.337 e. The van der Waals surface area contributed by atoms with Crippen molar-refractivity contribution < 1.29 is 22.7 Å². The number of rotatable bonds is 7. The van der Waals surface area contributed by atoms with Crippen LogP contribution in [0.5, 0.6) is 5.75 Å². The summed E-state index contributed by atoms with van der Waals surface area (Å²) in [6.45, 7) is 0.0488. The van der Waals surface area contributed by atoms with Crippen LogP contribution >= 0.6 is 0 Å². The lowest BCUT2D eigenvalue weighted by atomic mass is 10.1. The number of sulfonamides is 1. The third-order valence-corrected chi connectivity index (χ3v) is 4.57. The van der Waals surface area contributed by atoms with Crippen LogP contribution in [0.2, 0.25) is 0 Å². The van der Waals surface area contributed by atoms with Gasteiger partial charge < -0.3 is 9.47 Å². The van der Waals surface area contributed by atoms with E-state index in [1.807, 2.05) is 0 Å². The molecule has 0 radical (unpaired) electrons. The van der Waals surface area contributed by atoms with Gasteiger partial charge in [-0.2, -0.15) is 0 Å². The highest BCUT2D eigenvalue weighted by Gasteiger charge is 2.15. The zero-order chi connectivity index (χ0) is 17.6. The molecule has 0 aliphatic carbocycles. The summed E-state index contributed by atoms with van der Waals surface area (Å²) >= 11 is 0. The number of nitrogens with zero attached hydrogens (tertiary/aromatic N) is 1. The SMILES string of the molecule is COC(=O)c1ccc(CNS(=O)(=O)Cc2cccnc2)c(OC)c1. The van der Waals surface area contributed by atoms with Crippen LogP contribution < -0.4 is 9.46 Å². The molecule has 0 amide bonds. The van der Waals surface area contributed by atoms with E-state index in [-0.39, 0.29) is 12.3 Å². The second kappa shape index (κ2) is 7.89. The Hall–Kier alpha value is -2.45. The molecule has 1 aromatic carbocycles. The number of methoxy groups -OCH3 is 2. The molecular weight excluding hydrogens is 332 g/mol. The molecule has 0 saturated carbocycles. The Morgan fingerprint density at radius 2 is 2.04 bits per heavy atom. The number of carbonyl (C=O) groups excluding carboxylic acids is 1. The van der Waals surface area contributed by atoms with Crippen molar-refractivity contribution >= 4 is 16.0 Å². The molecule has 0 aliphatic rings. The van der Waals surface area contributed by atoms with Gasteiger partial charge in [-0.3, -0.25) is 4.98 Å². The van der Waals surface area contributed by atoms with E-state index in [9.17, 15) is 13.2 Å². The minimum absolute atomic E-state index is 0.0488. The van der Waals surface area contributed by atoms with E-state index >= 15 is 0 Å². The van der Waals surface area contributed by atoms with Gasteiger partial charge in [-0.15, -0.1) is 0 Å². The lowest BCUT2D eigenvalue weighted by Gasteiger charge is -2.11. The van der Waals surface area contributed by atoms with Crippen LogP contribution in [0, 0.1) is 0 Å². The van der Waals surface area contributed by atoms with E-state index in [1.165, 1.54) is 26.5 Å². The zero-order valence-corrected chi connectivity index (χ0v) is 14.2. The highest BCUT2D eigenvalue weighted by Crippen LogP contribution is 2.21. The summed E-state index contributed by atoms with van der Waals surface area (Å²) in [6, 6.07) is 8.06. The molecule has 2 aromatic rings. The van der Waals surface area contributed by atoms with Gasteiger partial charge in [0.25, 0.3) is 0 Å². The van der Waals surface area contributed by atoms with Gasteiger partial charge in [0.1, 0.15) is 5.75 Å². The van der Waals surface area contributed by atoms with Gasteiger partial charge >= 0.3 is 5.97 Å². The number of pyridine rings is 1. The Balaban J connectivity index is 2.09. The minimum Gasteiger partial charge on any atom is -0.496 e. The number of carbonyl (C=O) groups is 1. The number of nitrogens with one attached hydrogen (secondary N) is 1. The number of hydrogen-bond acceptors (Lipinski definition) is 6. The van der Waals surface area contributed by atoms with Crippen molar-refractivity contribution in [3.8, 4) is 5.75 Å². The van der Waals surface area contributed by atoms with Crippen LogP contribution in [0.3, 0.4) is 0 Å². The Bertz CT molecular complexity index is 806. The first kappa shape index (κ1) is 17.9. The highest BCUT2D eigenvalue weighted by molar-refractivity contribution is 7.88. The molecular formula is C16H18N2O5S. The molecule has 7 nitrogen and oxygen atoms in total. The van der Waals surface area contributed by atoms with Crippen molar-refractivity contribution in [2.75, 3.05) is 14.2 Å². The molecule has 128 valence electrons. The van der Waals surface area contributed by atoms with Gasteiger partial charge in [0.15, 0.2) is 0 Å². The molecule has 1 heterocycles. The fourth-order valence-electron chi connectivity index (χ4n) is 2.08. The van der Waals surface area contributed by atoms with Crippen LogP contribution in [0.25, 0.3) is 0 Å². The van der Waals surface area contributed by atoms with E-state index in [2.05, 4.69) is 14.4 Å². The average Bonchev–Trinajstić information content (AvgIpc) is 2.59. The summed E-state index contributed by atoms with van der Waals surface area (Å²) in [5.41, 5.74) is 1.54. The maximum Gasteiger partial charge on any atom is 0.337 e. The maximum atomic E-state index is 12.1. The standard InChI is InChI=1S/C16H18N2O5S/c1-22-15-8-13(16(19)23-2)5-6-14(15)10-18-24(20,21)11-12-4-3-7-17-9-12/h3-9,18H,10-11H2,1-2H3. The van der Waals surface area contributed by atoms with E-state index < -0.39 is 16.0 Å². The first-order valence-electron chi connectivity index (χ1n) is 7.06. The third kappa shape index (κ3) is 4.77.